The first kappa shape index (κ1) is 19.7. The molecular formula is C22H23ClN4O. The van der Waals surface area contributed by atoms with Gasteiger partial charge in [-0.2, -0.15) is 0 Å². The van der Waals surface area contributed by atoms with Crippen molar-refractivity contribution in [2.24, 2.45) is 0 Å². The first-order chi connectivity index (χ1) is 13.5. The van der Waals surface area contributed by atoms with Crippen LogP contribution >= 0.6 is 11.6 Å². The Morgan fingerprint density at radius 2 is 1.64 bits per heavy atom. The normalized spacial score (nSPS) is 10.4. The molecule has 0 radical (unpaired) electrons. The lowest BCUT2D eigenvalue weighted by Crippen LogP contribution is -2.26. The Labute approximate surface area is 170 Å². The number of anilines is 3. The maximum Gasteiger partial charge on any atom is 0.269 e. The van der Waals surface area contributed by atoms with Gasteiger partial charge in [0, 0.05) is 37.0 Å². The molecule has 0 aliphatic carbocycles. The minimum atomic E-state index is -0.184. The summed E-state index contributed by atoms with van der Waals surface area (Å²) in [7, 11) is 4.01. The summed E-state index contributed by atoms with van der Waals surface area (Å²) < 4.78 is 0. The number of benzene rings is 2. The van der Waals surface area contributed by atoms with Gasteiger partial charge in [-0.25, -0.2) is 4.98 Å². The zero-order valence-electron chi connectivity index (χ0n) is 15.9. The molecule has 0 aliphatic rings. The fraction of sp³-hybridized carbons (Fsp3) is 0.182. The van der Waals surface area contributed by atoms with Gasteiger partial charge in [-0.1, -0.05) is 23.7 Å². The van der Waals surface area contributed by atoms with Crippen molar-refractivity contribution >= 4 is 34.6 Å². The molecule has 1 aromatic heterocycles. The third kappa shape index (κ3) is 5.47. The highest BCUT2D eigenvalue weighted by Gasteiger charge is 2.07. The number of nitrogens with zero attached hydrogens (tertiary/aromatic N) is 2. The summed E-state index contributed by atoms with van der Waals surface area (Å²) in [4.78, 5) is 18.5. The van der Waals surface area contributed by atoms with E-state index in [0.29, 0.717) is 17.3 Å². The minimum Gasteiger partial charge on any atom is -0.378 e. The molecule has 1 heterocycles. The van der Waals surface area contributed by atoms with Crippen molar-refractivity contribution in [3.63, 3.8) is 0 Å². The smallest absolute Gasteiger partial charge is 0.269 e. The standard InChI is InChI=1S/C22H23ClN4O/c1-27(2)20-10-7-18(8-11-20)26-19-9-12-21(25-15-19)22(28)24-14-13-16-3-5-17(23)6-4-16/h3-12,15,26H,13-14H2,1-2H3,(H,24,28). The topological polar surface area (TPSA) is 57.3 Å². The molecule has 5 nitrogen and oxygen atoms in total. The van der Waals surface area contributed by atoms with Crippen molar-refractivity contribution in [2.45, 2.75) is 6.42 Å². The molecule has 0 saturated carbocycles. The van der Waals surface area contributed by atoms with Crippen LogP contribution in [0.5, 0.6) is 0 Å². The molecule has 28 heavy (non-hydrogen) atoms. The average Bonchev–Trinajstić information content (AvgIpc) is 2.70. The highest BCUT2D eigenvalue weighted by Crippen LogP contribution is 2.19. The summed E-state index contributed by atoms with van der Waals surface area (Å²) in [6, 6.07) is 19.3. The van der Waals surface area contributed by atoms with Gasteiger partial charge in [0.1, 0.15) is 5.69 Å². The van der Waals surface area contributed by atoms with Crippen LogP contribution < -0.4 is 15.5 Å². The van der Waals surface area contributed by atoms with E-state index in [2.05, 4.69) is 15.6 Å². The Bertz CT molecular complexity index is 907. The number of rotatable bonds is 7. The Hall–Kier alpha value is -3.05. The van der Waals surface area contributed by atoms with E-state index in [1.165, 1.54) is 0 Å². The maximum absolute atomic E-state index is 12.2. The second-order valence-corrected chi connectivity index (χ2v) is 7.07. The number of hydrogen-bond donors (Lipinski definition) is 2. The molecule has 3 aromatic rings. The molecule has 144 valence electrons. The number of pyridine rings is 1. The van der Waals surface area contributed by atoms with E-state index >= 15 is 0 Å². The highest BCUT2D eigenvalue weighted by atomic mass is 35.5. The first-order valence-corrected chi connectivity index (χ1v) is 9.42. The molecule has 0 saturated heterocycles. The van der Waals surface area contributed by atoms with Crippen molar-refractivity contribution < 1.29 is 4.79 Å². The van der Waals surface area contributed by atoms with Gasteiger partial charge in [-0.3, -0.25) is 4.79 Å². The van der Waals surface area contributed by atoms with Crippen molar-refractivity contribution in [3.8, 4) is 0 Å². The fourth-order valence-electron chi connectivity index (χ4n) is 2.67. The van der Waals surface area contributed by atoms with E-state index in [1.54, 1.807) is 12.3 Å². The third-order valence-electron chi connectivity index (χ3n) is 4.28. The number of hydrogen-bond acceptors (Lipinski definition) is 4. The lowest BCUT2D eigenvalue weighted by atomic mass is 10.1. The number of halogens is 1. The van der Waals surface area contributed by atoms with Crippen LogP contribution in [0.4, 0.5) is 17.1 Å². The average molecular weight is 395 g/mol. The zero-order valence-corrected chi connectivity index (χ0v) is 16.7. The summed E-state index contributed by atoms with van der Waals surface area (Å²) >= 11 is 5.87. The second kappa shape index (κ2) is 9.24. The Morgan fingerprint density at radius 3 is 2.25 bits per heavy atom. The largest absolute Gasteiger partial charge is 0.378 e. The molecule has 0 bridgehead atoms. The van der Waals surface area contributed by atoms with Crippen LogP contribution in [-0.4, -0.2) is 31.5 Å². The highest BCUT2D eigenvalue weighted by molar-refractivity contribution is 6.30. The number of amides is 1. The lowest BCUT2D eigenvalue weighted by molar-refractivity contribution is 0.0949. The maximum atomic E-state index is 12.2. The number of nitrogens with one attached hydrogen (secondary N) is 2. The monoisotopic (exact) mass is 394 g/mol. The van der Waals surface area contributed by atoms with E-state index in [4.69, 9.17) is 11.6 Å². The quantitative estimate of drug-likeness (QED) is 0.618. The van der Waals surface area contributed by atoms with Crippen LogP contribution in [0.25, 0.3) is 0 Å². The van der Waals surface area contributed by atoms with Crippen LogP contribution in [0, 0.1) is 0 Å². The Balaban J connectivity index is 1.51. The zero-order chi connectivity index (χ0) is 19.9. The van der Waals surface area contributed by atoms with Gasteiger partial charge in [-0.05, 0) is 60.5 Å². The van der Waals surface area contributed by atoms with Gasteiger partial charge >= 0.3 is 0 Å². The molecule has 2 aromatic carbocycles. The van der Waals surface area contributed by atoms with Gasteiger partial charge < -0.3 is 15.5 Å². The summed E-state index contributed by atoms with van der Waals surface area (Å²) in [5.41, 5.74) is 4.44. The molecule has 1 amide bonds. The van der Waals surface area contributed by atoms with Crippen LogP contribution in [0.1, 0.15) is 16.1 Å². The summed E-state index contributed by atoms with van der Waals surface area (Å²) in [6.07, 6.45) is 2.40. The predicted molar refractivity (Wildman–Crippen MR) is 116 cm³/mol. The molecule has 0 unspecified atom stereocenters. The fourth-order valence-corrected chi connectivity index (χ4v) is 2.80. The van der Waals surface area contributed by atoms with Crippen LogP contribution in [0.2, 0.25) is 5.02 Å². The molecular weight excluding hydrogens is 372 g/mol. The molecule has 0 spiro atoms. The van der Waals surface area contributed by atoms with Gasteiger partial charge in [0.25, 0.3) is 5.91 Å². The van der Waals surface area contributed by atoms with Crippen molar-refractivity contribution in [1.29, 1.82) is 0 Å². The van der Waals surface area contributed by atoms with Crippen molar-refractivity contribution in [2.75, 3.05) is 30.9 Å². The number of carbonyl (C=O) groups excluding carboxylic acids is 1. The number of carbonyl (C=O) groups is 1. The van der Waals surface area contributed by atoms with Crippen molar-refractivity contribution in [3.05, 3.63) is 83.1 Å². The summed E-state index contributed by atoms with van der Waals surface area (Å²) in [5, 5.41) is 6.88. The lowest BCUT2D eigenvalue weighted by Gasteiger charge is -2.13. The molecule has 2 N–H and O–H groups in total. The van der Waals surface area contributed by atoms with Gasteiger partial charge in [0.2, 0.25) is 0 Å². The SMILES string of the molecule is CN(C)c1ccc(Nc2ccc(C(=O)NCCc3ccc(Cl)cc3)nc2)cc1. The third-order valence-corrected chi connectivity index (χ3v) is 4.53. The summed E-state index contributed by atoms with van der Waals surface area (Å²) in [5.74, 6) is -0.184. The second-order valence-electron chi connectivity index (χ2n) is 6.63. The van der Waals surface area contributed by atoms with Crippen LogP contribution in [0.15, 0.2) is 66.9 Å². The Morgan fingerprint density at radius 1 is 0.964 bits per heavy atom. The van der Waals surface area contributed by atoms with E-state index in [-0.39, 0.29) is 5.91 Å². The van der Waals surface area contributed by atoms with Gasteiger partial charge in [0.15, 0.2) is 0 Å². The van der Waals surface area contributed by atoms with Gasteiger partial charge in [-0.15, -0.1) is 0 Å². The molecule has 6 heteroatoms. The molecule has 0 aliphatic heterocycles. The van der Waals surface area contributed by atoms with Crippen LogP contribution in [0.3, 0.4) is 0 Å². The molecule has 3 rings (SSSR count). The van der Waals surface area contributed by atoms with E-state index in [9.17, 15) is 4.79 Å². The molecule has 0 atom stereocenters. The van der Waals surface area contributed by atoms with Crippen LogP contribution in [-0.2, 0) is 6.42 Å². The van der Waals surface area contributed by atoms with E-state index in [0.717, 1.165) is 29.0 Å². The number of aromatic nitrogens is 1. The van der Waals surface area contributed by atoms with Gasteiger partial charge in [0.05, 0.1) is 11.9 Å². The predicted octanol–water partition coefficient (Wildman–Crippen LogP) is 4.52. The summed E-state index contributed by atoms with van der Waals surface area (Å²) in [6.45, 7) is 0.542. The van der Waals surface area contributed by atoms with E-state index < -0.39 is 0 Å². The van der Waals surface area contributed by atoms with Crippen molar-refractivity contribution in [1.82, 2.24) is 10.3 Å². The minimum absolute atomic E-state index is 0.184. The Kier molecular flexibility index (Phi) is 6.50. The molecule has 0 fully saturated rings. The van der Waals surface area contributed by atoms with E-state index in [1.807, 2.05) is 73.6 Å². The first-order valence-electron chi connectivity index (χ1n) is 9.04.